The van der Waals surface area contributed by atoms with Crippen molar-refractivity contribution in [2.45, 2.75) is 0 Å². The molecule has 0 atom stereocenters. The van der Waals surface area contributed by atoms with Crippen LogP contribution >= 0.6 is 11.3 Å². The lowest BCUT2D eigenvalue weighted by atomic mass is 9.86. The quantitative estimate of drug-likeness (QED) is 0.166. The van der Waals surface area contributed by atoms with E-state index in [1.165, 1.54) is 75.5 Å². The van der Waals surface area contributed by atoms with Crippen molar-refractivity contribution in [2.75, 3.05) is 0 Å². The summed E-state index contributed by atoms with van der Waals surface area (Å²) < 4.78 is 0. The van der Waals surface area contributed by atoms with Crippen LogP contribution in [-0.4, -0.2) is 9.97 Å². The molecule has 2 nitrogen and oxygen atoms in total. The standard InChI is InChI=1S/C52H32N2S/c1-3-14-33(15-4-1)47-48(51(36-16-5-2-6-17-36)55-52(47)45-32-37-18-7-8-20-38(37)39-21-9-12-24-42(39)45)44-29-28-43(40-22-10-11-23-41(40)44)46-30-27-35-26-25-34-19-13-31-53-49(34)50(35)54-46/h1-32H. The maximum Gasteiger partial charge on any atom is 0.0972 e. The lowest BCUT2D eigenvalue weighted by Crippen LogP contribution is -1.92. The zero-order valence-electron chi connectivity index (χ0n) is 29.8. The number of fused-ring (bicyclic) bond motifs is 7. The van der Waals surface area contributed by atoms with Crippen molar-refractivity contribution in [3.63, 3.8) is 0 Å². The monoisotopic (exact) mass is 716 g/mol. The SMILES string of the molecule is c1ccc(-c2sc(-c3cc4ccccc4c4ccccc34)c(-c3ccccc3)c2-c2ccc(-c3ccc4ccc5cccnc5c4n3)c3ccccc23)cc1. The molecular formula is C52H32N2S. The lowest BCUT2D eigenvalue weighted by Gasteiger charge is -2.16. The summed E-state index contributed by atoms with van der Waals surface area (Å²) in [6, 6.07) is 68.0. The van der Waals surface area contributed by atoms with Gasteiger partial charge in [-0.1, -0.05) is 170 Å². The van der Waals surface area contributed by atoms with Crippen molar-refractivity contribution in [3.8, 4) is 54.4 Å². The number of pyridine rings is 2. The average Bonchev–Trinajstić information content (AvgIpc) is 3.66. The Labute approximate surface area is 322 Å². The molecule has 0 N–H and O–H groups in total. The molecule has 0 radical (unpaired) electrons. The van der Waals surface area contributed by atoms with Gasteiger partial charge in [-0.25, -0.2) is 4.98 Å². The van der Waals surface area contributed by atoms with E-state index in [-0.39, 0.29) is 0 Å². The molecule has 0 unspecified atom stereocenters. The minimum Gasteiger partial charge on any atom is -0.254 e. The molecule has 8 aromatic carbocycles. The second-order valence-electron chi connectivity index (χ2n) is 14.0. The number of nitrogens with zero attached hydrogens (tertiary/aromatic N) is 2. The van der Waals surface area contributed by atoms with E-state index in [1.807, 2.05) is 23.6 Å². The molecule has 0 aliphatic carbocycles. The van der Waals surface area contributed by atoms with E-state index in [9.17, 15) is 0 Å². The van der Waals surface area contributed by atoms with E-state index in [4.69, 9.17) is 9.97 Å². The van der Waals surface area contributed by atoms with Crippen LogP contribution in [0, 0.1) is 0 Å². The van der Waals surface area contributed by atoms with Gasteiger partial charge in [0, 0.05) is 49.0 Å². The van der Waals surface area contributed by atoms with Gasteiger partial charge in [0.15, 0.2) is 0 Å². The van der Waals surface area contributed by atoms with Gasteiger partial charge in [0.25, 0.3) is 0 Å². The molecule has 11 aromatic rings. The summed E-state index contributed by atoms with van der Waals surface area (Å²) in [5.74, 6) is 0. The number of hydrogen-bond donors (Lipinski definition) is 0. The Hall–Kier alpha value is -6.94. The molecule has 3 heterocycles. The highest BCUT2D eigenvalue weighted by Gasteiger charge is 2.26. The van der Waals surface area contributed by atoms with Crippen LogP contribution in [0.3, 0.4) is 0 Å². The van der Waals surface area contributed by atoms with Crippen LogP contribution < -0.4 is 0 Å². The molecule has 55 heavy (non-hydrogen) atoms. The number of hydrogen-bond acceptors (Lipinski definition) is 3. The number of aromatic nitrogens is 2. The zero-order valence-corrected chi connectivity index (χ0v) is 30.6. The highest BCUT2D eigenvalue weighted by molar-refractivity contribution is 7.20. The molecule has 0 fully saturated rings. The molecule has 3 heteroatoms. The first-order valence-corrected chi connectivity index (χ1v) is 19.5. The van der Waals surface area contributed by atoms with Crippen LogP contribution in [0.4, 0.5) is 0 Å². The Morgan fingerprint density at radius 1 is 0.345 bits per heavy atom. The third kappa shape index (κ3) is 5.16. The molecule has 0 saturated carbocycles. The van der Waals surface area contributed by atoms with E-state index >= 15 is 0 Å². The number of thiophene rings is 1. The Morgan fingerprint density at radius 2 is 0.909 bits per heavy atom. The van der Waals surface area contributed by atoms with E-state index < -0.39 is 0 Å². The van der Waals surface area contributed by atoms with Crippen molar-refractivity contribution < 1.29 is 0 Å². The normalized spacial score (nSPS) is 11.6. The minimum absolute atomic E-state index is 0.923. The third-order valence-corrected chi connectivity index (χ3v) is 12.2. The van der Waals surface area contributed by atoms with Gasteiger partial charge in [-0.15, -0.1) is 11.3 Å². The van der Waals surface area contributed by atoms with Gasteiger partial charge < -0.3 is 0 Å². The second kappa shape index (κ2) is 12.9. The molecular weight excluding hydrogens is 685 g/mol. The fourth-order valence-electron chi connectivity index (χ4n) is 8.41. The fraction of sp³-hybridized carbons (Fsp3) is 0. The highest BCUT2D eigenvalue weighted by Crippen LogP contribution is 2.55. The first-order valence-electron chi connectivity index (χ1n) is 18.7. The van der Waals surface area contributed by atoms with Crippen molar-refractivity contribution in [3.05, 3.63) is 194 Å². The van der Waals surface area contributed by atoms with Gasteiger partial charge in [0.1, 0.15) is 0 Å². The van der Waals surface area contributed by atoms with Crippen LogP contribution in [0.1, 0.15) is 0 Å². The highest BCUT2D eigenvalue weighted by atomic mass is 32.1. The Morgan fingerprint density at radius 3 is 1.67 bits per heavy atom. The van der Waals surface area contributed by atoms with Gasteiger partial charge in [0.05, 0.1) is 16.7 Å². The van der Waals surface area contributed by atoms with E-state index in [2.05, 4.69) is 182 Å². The summed E-state index contributed by atoms with van der Waals surface area (Å²) in [5, 5.41) is 9.59. The minimum atomic E-state index is 0.923. The van der Waals surface area contributed by atoms with Gasteiger partial charge in [0.2, 0.25) is 0 Å². The summed E-state index contributed by atoms with van der Waals surface area (Å²) in [4.78, 5) is 12.6. The van der Waals surface area contributed by atoms with Gasteiger partial charge in [-0.05, 0) is 67.2 Å². The van der Waals surface area contributed by atoms with Crippen LogP contribution in [0.25, 0.3) is 109 Å². The first kappa shape index (κ1) is 31.6. The van der Waals surface area contributed by atoms with Crippen LogP contribution in [-0.2, 0) is 0 Å². The zero-order chi connectivity index (χ0) is 36.3. The summed E-state index contributed by atoms with van der Waals surface area (Å²) in [6.45, 7) is 0. The van der Waals surface area contributed by atoms with Gasteiger partial charge >= 0.3 is 0 Å². The molecule has 0 aliphatic rings. The molecule has 0 spiro atoms. The Bertz CT molecular complexity index is 3250. The molecule has 0 saturated heterocycles. The molecule has 3 aromatic heterocycles. The van der Waals surface area contributed by atoms with Crippen LogP contribution in [0.5, 0.6) is 0 Å². The third-order valence-electron chi connectivity index (χ3n) is 10.9. The molecule has 0 aliphatic heterocycles. The van der Waals surface area contributed by atoms with Gasteiger partial charge in [-0.2, -0.15) is 0 Å². The second-order valence-corrected chi connectivity index (χ2v) is 15.1. The first-order chi connectivity index (χ1) is 27.3. The lowest BCUT2D eigenvalue weighted by molar-refractivity contribution is 1.37. The van der Waals surface area contributed by atoms with Crippen molar-refractivity contribution in [2.24, 2.45) is 0 Å². The maximum atomic E-state index is 5.29. The smallest absolute Gasteiger partial charge is 0.0972 e. The fourth-order valence-corrected chi connectivity index (χ4v) is 9.78. The van der Waals surface area contributed by atoms with Gasteiger partial charge in [-0.3, -0.25) is 4.98 Å². The Kier molecular flexibility index (Phi) is 7.39. The summed E-state index contributed by atoms with van der Waals surface area (Å²) in [5.41, 5.74) is 11.3. The van der Waals surface area contributed by atoms with E-state index in [1.54, 1.807) is 0 Å². The van der Waals surface area contributed by atoms with E-state index in [0.717, 1.165) is 33.1 Å². The number of rotatable bonds is 5. The van der Waals surface area contributed by atoms with Crippen LogP contribution in [0.2, 0.25) is 0 Å². The summed E-state index contributed by atoms with van der Waals surface area (Å²) >= 11 is 1.90. The molecule has 256 valence electrons. The topological polar surface area (TPSA) is 25.8 Å². The largest absolute Gasteiger partial charge is 0.254 e. The maximum absolute atomic E-state index is 5.29. The van der Waals surface area contributed by atoms with Crippen molar-refractivity contribution in [1.82, 2.24) is 9.97 Å². The molecule has 0 amide bonds. The Balaban J connectivity index is 1.23. The number of benzene rings is 8. The summed E-state index contributed by atoms with van der Waals surface area (Å²) in [6.07, 6.45) is 1.85. The molecule has 0 bridgehead atoms. The predicted molar refractivity (Wildman–Crippen MR) is 235 cm³/mol. The average molecular weight is 717 g/mol. The van der Waals surface area contributed by atoms with Crippen molar-refractivity contribution in [1.29, 1.82) is 0 Å². The van der Waals surface area contributed by atoms with Crippen LogP contribution in [0.15, 0.2) is 194 Å². The van der Waals surface area contributed by atoms with E-state index in [0.29, 0.717) is 0 Å². The molecule has 11 rings (SSSR count). The predicted octanol–water partition coefficient (Wildman–Crippen LogP) is 14.6. The summed E-state index contributed by atoms with van der Waals surface area (Å²) in [7, 11) is 0. The van der Waals surface area contributed by atoms with Crippen molar-refractivity contribution >= 4 is 65.5 Å².